The molecule has 1 aromatic heterocycles. The van der Waals surface area contributed by atoms with Crippen LogP contribution >= 0.6 is 11.3 Å². The molecule has 2 aromatic rings. The highest BCUT2D eigenvalue weighted by Crippen LogP contribution is 2.32. The lowest BCUT2D eigenvalue weighted by Crippen LogP contribution is -2.25. The van der Waals surface area contributed by atoms with E-state index < -0.39 is 22.4 Å². The van der Waals surface area contributed by atoms with Crippen LogP contribution in [0.1, 0.15) is 11.6 Å². The maximum Gasteiger partial charge on any atom is 0.449 e. The van der Waals surface area contributed by atoms with Crippen LogP contribution in [0.5, 0.6) is 5.75 Å². The molecule has 1 unspecified atom stereocenters. The highest BCUT2D eigenvalue weighted by atomic mass is 32.3. The summed E-state index contributed by atoms with van der Waals surface area (Å²) < 4.78 is 39.3. The topological polar surface area (TPSA) is 116 Å². The van der Waals surface area contributed by atoms with Gasteiger partial charge in [-0.05, 0) is 34.5 Å². The van der Waals surface area contributed by atoms with Gasteiger partial charge in [-0.25, -0.2) is 4.79 Å². The minimum absolute atomic E-state index is 0.418. The molecule has 0 bridgehead atoms. The lowest BCUT2D eigenvalue weighted by Gasteiger charge is -2.08. The number of benzene rings is 1. The third kappa shape index (κ3) is 3.07. The molecule has 20 heavy (non-hydrogen) atoms. The molecule has 0 radical (unpaired) electrons. The summed E-state index contributed by atoms with van der Waals surface area (Å²) in [4.78, 5) is 11.5. The van der Waals surface area contributed by atoms with E-state index in [1.54, 1.807) is 23.6 Å². The summed E-state index contributed by atoms with van der Waals surface area (Å²) in [6, 6.07) is 3.86. The summed E-state index contributed by atoms with van der Waals surface area (Å²) >= 11 is 1.33. The first-order valence-electron chi connectivity index (χ1n) is 5.33. The summed E-state index contributed by atoms with van der Waals surface area (Å²) in [6.45, 7) is 0. The maximum absolute atomic E-state index is 11.5. The maximum atomic E-state index is 11.5. The number of hydrogen-bond donors (Lipinski definition) is 2. The number of carbonyl (C=O) groups is 1. The molecule has 108 valence electrons. The molecule has 2 rings (SSSR count). The summed E-state index contributed by atoms with van der Waals surface area (Å²) in [5.41, 5.74) is 6.07. The Morgan fingerprint density at radius 2 is 2.15 bits per heavy atom. The molecule has 1 heterocycles. The fourth-order valence-corrected chi connectivity index (χ4v) is 3.02. The van der Waals surface area contributed by atoms with Gasteiger partial charge in [-0.3, -0.25) is 4.55 Å². The van der Waals surface area contributed by atoms with Crippen LogP contribution in [0.25, 0.3) is 10.1 Å². The normalized spacial score (nSPS) is 13.2. The van der Waals surface area contributed by atoms with Gasteiger partial charge in [0.1, 0.15) is 11.8 Å². The van der Waals surface area contributed by atoms with Crippen molar-refractivity contribution in [2.75, 3.05) is 7.11 Å². The summed E-state index contributed by atoms with van der Waals surface area (Å²) in [6.07, 6.45) is 0. The van der Waals surface area contributed by atoms with Gasteiger partial charge in [0.15, 0.2) is 0 Å². The van der Waals surface area contributed by atoms with E-state index in [-0.39, 0.29) is 0 Å². The van der Waals surface area contributed by atoms with Crippen molar-refractivity contribution in [3.63, 3.8) is 0 Å². The lowest BCUT2D eigenvalue weighted by molar-refractivity contribution is -0.135. The Morgan fingerprint density at radius 1 is 1.45 bits per heavy atom. The number of hydrogen-bond acceptors (Lipinski definition) is 7. The fraction of sp³-hybridized carbons (Fsp3) is 0.182. The van der Waals surface area contributed by atoms with E-state index >= 15 is 0 Å². The predicted octanol–water partition coefficient (Wildman–Crippen LogP) is 1.26. The second-order valence-electron chi connectivity index (χ2n) is 3.86. The molecule has 0 fully saturated rings. The Balaban J connectivity index is 2.35. The first-order valence-corrected chi connectivity index (χ1v) is 7.58. The molecule has 0 saturated carbocycles. The number of methoxy groups -OCH3 is 1. The molecule has 0 spiro atoms. The molecule has 0 saturated heterocycles. The van der Waals surface area contributed by atoms with Gasteiger partial charge in [-0.15, -0.1) is 11.3 Å². The van der Waals surface area contributed by atoms with E-state index in [2.05, 4.69) is 4.18 Å². The zero-order valence-electron chi connectivity index (χ0n) is 10.3. The Hall–Kier alpha value is -1.68. The van der Waals surface area contributed by atoms with Gasteiger partial charge in [-0.2, -0.15) is 8.42 Å². The summed E-state index contributed by atoms with van der Waals surface area (Å²) in [7, 11) is -3.34. The van der Waals surface area contributed by atoms with Gasteiger partial charge < -0.3 is 14.7 Å². The van der Waals surface area contributed by atoms with Gasteiger partial charge in [0.25, 0.3) is 0 Å². The van der Waals surface area contributed by atoms with Crippen LogP contribution in [0.4, 0.5) is 0 Å². The summed E-state index contributed by atoms with van der Waals surface area (Å²) in [5.74, 6) is -0.594. The largest absolute Gasteiger partial charge is 0.497 e. The standard InChI is InChI=1S/C11H11NO6S2/c1-17-6-2-3-7-8(5-19-9(7)4-6)10(12)11(13)18-20(14,15)16/h2-5,10H,12H2,1H3,(H,14,15,16). The average molecular weight is 317 g/mol. The number of carbonyl (C=O) groups excluding carboxylic acids is 1. The van der Waals surface area contributed by atoms with Crippen LogP contribution in [-0.4, -0.2) is 26.0 Å². The van der Waals surface area contributed by atoms with Crippen molar-refractivity contribution in [3.8, 4) is 5.75 Å². The number of ether oxygens (including phenoxy) is 1. The van der Waals surface area contributed by atoms with E-state index in [0.29, 0.717) is 16.7 Å². The molecule has 0 aliphatic rings. The monoisotopic (exact) mass is 317 g/mol. The van der Waals surface area contributed by atoms with Crippen molar-refractivity contribution >= 4 is 37.8 Å². The highest BCUT2D eigenvalue weighted by Gasteiger charge is 2.25. The summed E-state index contributed by atoms with van der Waals surface area (Å²) in [5, 5.41) is 2.32. The van der Waals surface area contributed by atoms with Crippen LogP contribution < -0.4 is 10.5 Å². The molecule has 0 amide bonds. The SMILES string of the molecule is COc1ccc2c(C(N)C(=O)OS(=O)(=O)O)csc2c1. The number of fused-ring (bicyclic) bond motifs is 1. The molecule has 3 N–H and O–H groups in total. The number of nitrogens with two attached hydrogens (primary N) is 1. The van der Waals surface area contributed by atoms with Crippen LogP contribution in [0.2, 0.25) is 0 Å². The third-order valence-electron chi connectivity index (χ3n) is 2.59. The predicted molar refractivity (Wildman–Crippen MR) is 72.9 cm³/mol. The van der Waals surface area contributed by atoms with Gasteiger partial charge in [0.2, 0.25) is 0 Å². The fourth-order valence-electron chi connectivity index (χ4n) is 1.68. The zero-order chi connectivity index (χ0) is 14.9. The Kier molecular flexibility index (Phi) is 3.95. The first-order chi connectivity index (χ1) is 9.31. The zero-order valence-corrected chi connectivity index (χ0v) is 11.9. The molecule has 7 nitrogen and oxygen atoms in total. The molecular formula is C11H11NO6S2. The second-order valence-corrected chi connectivity index (χ2v) is 5.79. The minimum Gasteiger partial charge on any atom is -0.497 e. The van der Waals surface area contributed by atoms with Crippen LogP contribution in [0.3, 0.4) is 0 Å². The number of rotatable bonds is 4. The quantitative estimate of drug-likeness (QED) is 0.815. The third-order valence-corrected chi connectivity index (χ3v) is 3.93. The van der Waals surface area contributed by atoms with Crippen molar-refractivity contribution in [1.82, 2.24) is 0 Å². The molecular weight excluding hydrogens is 306 g/mol. The van der Waals surface area contributed by atoms with E-state index in [0.717, 1.165) is 4.70 Å². The van der Waals surface area contributed by atoms with Crippen LogP contribution in [0, 0.1) is 0 Å². The van der Waals surface area contributed by atoms with Crippen molar-refractivity contribution in [2.24, 2.45) is 5.73 Å². The molecule has 9 heteroatoms. The first kappa shape index (κ1) is 14.7. The average Bonchev–Trinajstić information content (AvgIpc) is 2.78. The van der Waals surface area contributed by atoms with Gasteiger partial charge in [0.05, 0.1) is 7.11 Å². The van der Waals surface area contributed by atoms with Crippen molar-refractivity contribution in [3.05, 3.63) is 29.1 Å². The Bertz CT molecular complexity index is 751. The smallest absolute Gasteiger partial charge is 0.449 e. The molecule has 0 aliphatic heterocycles. The van der Waals surface area contributed by atoms with E-state index in [1.165, 1.54) is 18.4 Å². The van der Waals surface area contributed by atoms with Crippen molar-refractivity contribution in [1.29, 1.82) is 0 Å². The lowest BCUT2D eigenvalue weighted by atomic mass is 10.1. The molecule has 1 aromatic carbocycles. The van der Waals surface area contributed by atoms with Crippen LogP contribution in [-0.2, 0) is 19.4 Å². The van der Waals surface area contributed by atoms with E-state index in [1.807, 2.05) is 0 Å². The molecule has 1 atom stereocenters. The van der Waals surface area contributed by atoms with Gasteiger partial charge >= 0.3 is 16.4 Å². The van der Waals surface area contributed by atoms with E-state index in [9.17, 15) is 13.2 Å². The Morgan fingerprint density at radius 3 is 2.75 bits per heavy atom. The highest BCUT2D eigenvalue weighted by molar-refractivity contribution is 7.81. The number of thiophene rings is 1. The van der Waals surface area contributed by atoms with Crippen molar-refractivity contribution < 1.29 is 26.7 Å². The minimum atomic E-state index is -4.87. The van der Waals surface area contributed by atoms with Crippen molar-refractivity contribution in [2.45, 2.75) is 6.04 Å². The molecule has 0 aliphatic carbocycles. The van der Waals surface area contributed by atoms with Gasteiger partial charge in [0, 0.05) is 4.70 Å². The van der Waals surface area contributed by atoms with Crippen LogP contribution in [0.15, 0.2) is 23.6 Å². The van der Waals surface area contributed by atoms with E-state index in [4.69, 9.17) is 15.0 Å². The van der Waals surface area contributed by atoms with Gasteiger partial charge in [-0.1, -0.05) is 0 Å². The Labute approximate surface area is 118 Å². The second kappa shape index (κ2) is 5.37.